The summed E-state index contributed by atoms with van der Waals surface area (Å²) in [5.41, 5.74) is 0.158. The van der Waals surface area contributed by atoms with Crippen molar-refractivity contribution in [3.8, 4) is 11.5 Å². The Morgan fingerprint density at radius 2 is 1.94 bits per heavy atom. The topological polar surface area (TPSA) is 97.0 Å². The van der Waals surface area contributed by atoms with Crippen molar-refractivity contribution in [1.82, 2.24) is 15.5 Å². The summed E-state index contributed by atoms with van der Waals surface area (Å²) in [7, 11) is 0. The minimum Gasteiger partial charge on any atom is -0.490 e. The summed E-state index contributed by atoms with van der Waals surface area (Å²) in [6.45, 7) is 7.05. The van der Waals surface area contributed by atoms with Gasteiger partial charge in [-0.05, 0) is 56.7 Å². The number of imide groups is 1. The summed E-state index contributed by atoms with van der Waals surface area (Å²) in [5, 5.41) is 5.68. The fourth-order valence-electron chi connectivity index (χ4n) is 4.44. The molecule has 1 heterocycles. The Labute approximate surface area is 183 Å². The summed E-state index contributed by atoms with van der Waals surface area (Å²) in [6.07, 6.45) is 4.10. The van der Waals surface area contributed by atoms with Crippen LogP contribution in [0.15, 0.2) is 18.2 Å². The van der Waals surface area contributed by atoms with Gasteiger partial charge in [0, 0.05) is 6.54 Å². The van der Waals surface area contributed by atoms with E-state index in [1.165, 1.54) is 0 Å². The highest BCUT2D eigenvalue weighted by Gasteiger charge is 2.55. The third-order valence-corrected chi connectivity index (χ3v) is 6.15. The molecule has 1 aliphatic carbocycles. The second-order valence-electron chi connectivity index (χ2n) is 8.19. The summed E-state index contributed by atoms with van der Waals surface area (Å²) in [4.78, 5) is 38.8. The van der Waals surface area contributed by atoms with Gasteiger partial charge in [-0.15, -0.1) is 0 Å². The molecular formula is C23H33N3O5. The second kappa shape index (κ2) is 10.0. The molecule has 2 fully saturated rings. The van der Waals surface area contributed by atoms with Crippen LogP contribution in [0.5, 0.6) is 11.5 Å². The first kappa shape index (κ1) is 22.9. The largest absolute Gasteiger partial charge is 0.490 e. The number of benzene rings is 1. The number of carbonyl (C=O) groups excluding carboxylic acids is 3. The van der Waals surface area contributed by atoms with Gasteiger partial charge in [0.15, 0.2) is 11.5 Å². The Morgan fingerprint density at radius 3 is 2.65 bits per heavy atom. The maximum absolute atomic E-state index is 13.0. The van der Waals surface area contributed by atoms with Crippen LogP contribution in [0.2, 0.25) is 0 Å². The Bertz CT molecular complexity index is 827. The average molecular weight is 432 g/mol. The number of ether oxygens (including phenoxy) is 2. The van der Waals surface area contributed by atoms with E-state index in [0.717, 1.165) is 29.7 Å². The molecule has 8 nitrogen and oxygen atoms in total. The van der Waals surface area contributed by atoms with Crippen molar-refractivity contribution in [3.63, 3.8) is 0 Å². The van der Waals surface area contributed by atoms with Gasteiger partial charge in [0.2, 0.25) is 5.91 Å². The number of nitrogens with one attached hydrogen (secondary N) is 2. The fraction of sp³-hybridized carbons (Fsp3) is 0.609. The van der Waals surface area contributed by atoms with E-state index in [1.807, 2.05) is 39.0 Å². The van der Waals surface area contributed by atoms with Crippen LogP contribution in [0.4, 0.5) is 4.79 Å². The van der Waals surface area contributed by atoms with Gasteiger partial charge in [-0.25, -0.2) is 4.79 Å². The zero-order valence-corrected chi connectivity index (χ0v) is 18.7. The summed E-state index contributed by atoms with van der Waals surface area (Å²) in [6, 6.07) is 5.24. The molecule has 2 N–H and O–H groups in total. The molecule has 1 aromatic rings. The van der Waals surface area contributed by atoms with Crippen LogP contribution >= 0.6 is 0 Å². The van der Waals surface area contributed by atoms with Crippen LogP contribution in [0.25, 0.3) is 0 Å². The highest BCUT2D eigenvalue weighted by atomic mass is 16.5. The maximum Gasteiger partial charge on any atom is 0.325 e. The average Bonchev–Trinajstić information content (AvgIpc) is 2.97. The zero-order valence-electron chi connectivity index (χ0n) is 18.7. The van der Waals surface area contributed by atoms with E-state index in [2.05, 4.69) is 10.6 Å². The molecule has 2 aliphatic rings. The molecule has 1 aliphatic heterocycles. The molecule has 170 valence electrons. The van der Waals surface area contributed by atoms with Crippen LogP contribution in [0.1, 0.15) is 52.0 Å². The standard InChI is InChI=1S/C23H33N3O5/c1-4-30-18-10-9-17(14-19(18)31-5-2)11-13-24-20(27)15-26-21(28)23(25-22(26)29)12-7-6-8-16(23)3/h9-10,14,16H,4-8,11-13,15H2,1-3H3,(H,24,27)(H,25,29)/t16-,23+/m0/s1. The van der Waals surface area contributed by atoms with E-state index in [1.54, 1.807) is 0 Å². The van der Waals surface area contributed by atoms with Crippen LogP contribution in [-0.4, -0.2) is 54.6 Å². The molecule has 0 bridgehead atoms. The van der Waals surface area contributed by atoms with Gasteiger partial charge in [0.05, 0.1) is 13.2 Å². The SMILES string of the molecule is CCOc1ccc(CCNC(=O)CN2C(=O)N[C@@]3(CCCC[C@@H]3C)C2=O)cc1OCC. The Kier molecular flexibility index (Phi) is 7.41. The van der Waals surface area contributed by atoms with Crippen LogP contribution in [0.3, 0.4) is 0 Å². The van der Waals surface area contributed by atoms with Crippen molar-refractivity contribution in [2.45, 2.75) is 58.4 Å². The summed E-state index contributed by atoms with van der Waals surface area (Å²) in [5.74, 6) is 0.832. The monoisotopic (exact) mass is 431 g/mol. The maximum atomic E-state index is 13.0. The van der Waals surface area contributed by atoms with Crippen molar-refractivity contribution >= 4 is 17.8 Å². The lowest BCUT2D eigenvalue weighted by atomic mass is 9.73. The van der Waals surface area contributed by atoms with Crippen LogP contribution < -0.4 is 20.1 Å². The number of hydrogen-bond donors (Lipinski definition) is 2. The molecule has 0 unspecified atom stereocenters. The molecule has 0 aromatic heterocycles. The number of amides is 4. The minimum atomic E-state index is -0.840. The van der Waals surface area contributed by atoms with Gasteiger partial charge in [0.25, 0.3) is 5.91 Å². The molecule has 1 saturated heterocycles. The Hall–Kier alpha value is -2.77. The van der Waals surface area contributed by atoms with Crippen molar-refractivity contribution in [2.75, 3.05) is 26.3 Å². The van der Waals surface area contributed by atoms with E-state index in [-0.39, 0.29) is 24.3 Å². The van der Waals surface area contributed by atoms with Gasteiger partial charge < -0.3 is 20.1 Å². The molecule has 31 heavy (non-hydrogen) atoms. The lowest BCUT2D eigenvalue weighted by Crippen LogP contribution is -2.54. The van der Waals surface area contributed by atoms with Crippen LogP contribution in [-0.2, 0) is 16.0 Å². The smallest absolute Gasteiger partial charge is 0.325 e. The van der Waals surface area contributed by atoms with Crippen molar-refractivity contribution in [2.24, 2.45) is 5.92 Å². The van der Waals surface area contributed by atoms with Gasteiger partial charge in [0.1, 0.15) is 12.1 Å². The summed E-state index contributed by atoms with van der Waals surface area (Å²) < 4.78 is 11.2. The molecule has 3 rings (SSSR count). The first-order chi connectivity index (χ1) is 14.9. The molecule has 1 saturated carbocycles. The van der Waals surface area contributed by atoms with Gasteiger partial charge in [-0.1, -0.05) is 25.8 Å². The number of hydrogen-bond acceptors (Lipinski definition) is 5. The van der Waals surface area contributed by atoms with Crippen molar-refractivity contribution in [1.29, 1.82) is 0 Å². The number of urea groups is 1. The normalized spacial score (nSPS) is 23.1. The van der Waals surface area contributed by atoms with Crippen LogP contribution in [0, 0.1) is 5.92 Å². The van der Waals surface area contributed by atoms with Crippen molar-refractivity contribution in [3.05, 3.63) is 23.8 Å². The third-order valence-electron chi connectivity index (χ3n) is 6.15. The highest BCUT2D eigenvalue weighted by molar-refractivity contribution is 6.09. The predicted octanol–water partition coefficient (Wildman–Crippen LogP) is 2.64. The predicted molar refractivity (Wildman–Crippen MR) is 116 cm³/mol. The van der Waals surface area contributed by atoms with E-state index >= 15 is 0 Å². The van der Waals surface area contributed by atoms with E-state index in [4.69, 9.17) is 9.47 Å². The molecule has 8 heteroatoms. The molecule has 4 amide bonds. The number of carbonyl (C=O) groups is 3. The minimum absolute atomic E-state index is 0.0740. The van der Waals surface area contributed by atoms with Gasteiger partial charge >= 0.3 is 6.03 Å². The van der Waals surface area contributed by atoms with Crippen molar-refractivity contribution < 1.29 is 23.9 Å². The number of nitrogens with zero attached hydrogens (tertiary/aromatic N) is 1. The lowest BCUT2D eigenvalue weighted by molar-refractivity contribution is -0.137. The molecule has 2 atom stereocenters. The first-order valence-electron chi connectivity index (χ1n) is 11.2. The molecule has 0 radical (unpaired) electrons. The Balaban J connectivity index is 1.53. The quantitative estimate of drug-likeness (QED) is 0.586. The lowest BCUT2D eigenvalue weighted by Gasteiger charge is -2.36. The van der Waals surface area contributed by atoms with E-state index < -0.39 is 11.6 Å². The van der Waals surface area contributed by atoms with E-state index in [9.17, 15) is 14.4 Å². The van der Waals surface area contributed by atoms with Gasteiger partial charge in [-0.3, -0.25) is 14.5 Å². The summed E-state index contributed by atoms with van der Waals surface area (Å²) >= 11 is 0. The number of rotatable bonds is 9. The fourth-order valence-corrected chi connectivity index (χ4v) is 4.44. The molecular weight excluding hydrogens is 398 g/mol. The zero-order chi connectivity index (χ0) is 22.4. The first-order valence-corrected chi connectivity index (χ1v) is 11.2. The third kappa shape index (κ3) is 4.94. The van der Waals surface area contributed by atoms with Gasteiger partial charge in [-0.2, -0.15) is 0 Å². The highest BCUT2D eigenvalue weighted by Crippen LogP contribution is 2.38. The molecule has 1 spiro atoms. The van der Waals surface area contributed by atoms with E-state index in [0.29, 0.717) is 44.1 Å². The second-order valence-corrected chi connectivity index (χ2v) is 8.19. The molecule has 1 aromatic carbocycles. The Morgan fingerprint density at radius 1 is 1.19 bits per heavy atom.